The van der Waals surface area contributed by atoms with Crippen LogP contribution in [0.15, 0.2) is 28.7 Å². The van der Waals surface area contributed by atoms with Gasteiger partial charge in [0.25, 0.3) is 5.91 Å². The molecule has 1 atom stereocenters. The Morgan fingerprint density at radius 1 is 1.40 bits per heavy atom. The van der Waals surface area contributed by atoms with Crippen molar-refractivity contribution in [1.29, 1.82) is 0 Å². The van der Waals surface area contributed by atoms with Crippen LogP contribution in [0.5, 0.6) is 0 Å². The molecule has 1 saturated carbocycles. The van der Waals surface area contributed by atoms with Crippen molar-refractivity contribution in [3.63, 3.8) is 0 Å². The van der Waals surface area contributed by atoms with Gasteiger partial charge in [-0.15, -0.1) is 0 Å². The van der Waals surface area contributed by atoms with E-state index >= 15 is 0 Å². The highest BCUT2D eigenvalue weighted by molar-refractivity contribution is 9.10. The second-order valence-corrected chi connectivity index (χ2v) is 5.02. The molecule has 0 bridgehead atoms. The molecule has 2 nitrogen and oxygen atoms in total. The van der Waals surface area contributed by atoms with E-state index in [1.807, 2.05) is 24.3 Å². The van der Waals surface area contributed by atoms with Gasteiger partial charge in [0, 0.05) is 16.1 Å². The number of amides is 1. The summed E-state index contributed by atoms with van der Waals surface area (Å²) >= 11 is 3.35. The largest absolute Gasteiger partial charge is 0.349 e. The first-order valence-electron chi connectivity index (χ1n) is 5.23. The van der Waals surface area contributed by atoms with Gasteiger partial charge in [0.05, 0.1) is 0 Å². The minimum Gasteiger partial charge on any atom is -0.349 e. The van der Waals surface area contributed by atoms with Crippen LogP contribution in [-0.4, -0.2) is 11.9 Å². The van der Waals surface area contributed by atoms with Gasteiger partial charge in [-0.2, -0.15) is 0 Å². The van der Waals surface area contributed by atoms with Gasteiger partial charge in [0.2, 0.25) is 0 Å². The average Bonchev–Trinajstić information content (AvgIpc) is 3.01. The minimum atomic E-state index is 0.0295. The second-order valence-electron chi connectivity index (χ2n) is 4.11. The van der Waals surface area contributed by atoms with E-state index < -0.39 is 0 Å². The van der Waals surface area contributed by atoms with E-state index in [1.165, 1.54) is 12.8 Å². The van der Waals surface area contributed by atoms with E-state index in [9.17, 15) is 4.79 Å². The summed E-state index contributed by atoms with van der Waals surface area (Å²) in [5.74, 6) is 0.728. The predicted molar refractivity (Wildman–Crippen MR) is 63.8 cm³/mol. The molecule has 0 radical (unpaired) electrons. The van der Waals surface area contributed by atoms with Gasteiger partial charge in [0.15, 0.2) is 0 Å². The number of hydrogen-bond acceptors (Lipinski definition) is 1. The summed E-state index contributed by atoms with van der Waals surface area (Å²) in [5.41, 5.74) is 0.728. The number of carbonyl (C=O) groups is 1. The van der Waals surface area contributed by atoms with Crippen LogP contribution in [0.4, 0.5) is 0 Å². The Hall–Kier alpha value is -0.830. The molecule has 3 heteroatoms. The molecule has 2 rings (SSSR count). The van der Waals surface area contributed by atoms with E-state index in [0.29, 0.717) is 12.0 Å². The van der Waals surface area contributed by atoms with Crippen molar-refractivity contribution >= 4 is 21.8 Å². The summed E-state index contributed by atoms with van der Waals surface area (Å²) in [6.07, 6.45) is 2.50. The molecule has 0 aromatic heterocycles. The number of carbonyl (C=O) groups excluding carboxylic acids is 1. The third kappa shape index (κ3) is 2.81. The summed E-state index contributed by atoms with van der Waals surface area (Å²) in [7, 11) is 0. The molecular formula is C12H14BrNO. The smallest absolute Gasteiger partial charge is 0.251 e. The van der Waals surface area contributed by atoms with Gasteiger partial charge in [-0.1, -0.05) is 15.9 Å². The van der Waals surface area contributed by atoms with Gasteiger partial charge < -0.3 is 5.32 Å². The molecule has 80 valence electrons. The van der Waals surface area contributed by atoms with Crippen molar-refractivity contribution in [2.75, 3.05) is 0 Å². The third-order valence-corrected chi connectivity index (χ3v) is 3.32. The molecule has 1 fully saturated rings. The quantitative estimate of drug-likeness (QED) is 0.897. The standard InChI is InChI=1S/C12H14BrNO/c1-8(9-2-3-9)14-12(15)10-4-6-11(13)7-5-10/h4-9H,2-3H2,1H3,(H,14,15). The molecule has 1 aromatic carbocycles. The number of nitrogens with one attached hydrogen (secondary N) is 1. The lowest BCUT2D eigenvalue weighted by atomic mass is 10.1. The van der Waals surface area contributed by atoms with Gasteiger partial charge >= 0.3 is 0 Å². The molecule has 0 saturated heterocycles. The Balaban J connectivity index is 1.97. The Kier molecular flexibility index (Phi) is 3.10. The lowest BCUT2D eigenvalue weighted by Gasteiger charge is -2.12. The van der Waals surface area contributed by atoms with Crippen LogP contribution in [0, 0.1) is 5.92 Å². The summed E-state index contributed by atoms with van der Waals surface area (Å²) in [5, 5.41) is 3.02. The zero-order valence-electron chi connectivity index (χ0n) is 8.66. The first kappa shape index (κ1) is 10.7. The first-order valence-corrected chi connectivity index (χ1v) is 6.02. The molecule has 0 heterocycles. The number of rotatable bonds is 3. The second kappa shape index (κ2) is 4.35. The van der Waals surface area contributed by atoms with E-state index in [0.717, 1.165) is 10.0 Å². The number of halogens is 1. The maximum Gasteiger partial charge on any atom is 0.251 e. The molecular weight excluding hydrogens is 254 g/mol. The maximum atomic E-state index is 11.8. The fourth-order valence-electron chi connectivity index (χ4n) is 1.61. The van der Waals surface area contributed by atoms with Gasteiger partial charge in [-0.25, -0.2) is 0 Å². The van der Waals surface area contributed by atoms with Crippen molar-refractivity contribution in [2.45, 2.75) is 25.8 Å². The minimum absolute atomic E-state index is 0.0295. The van der Waals surface area contributed by atoms with E-state index in [1.54, 1.807) is 0 Å². The number of hydrogen-bond donors (Lipinski definition) is 1. The van der Waals surface area contributed by atoms with Crippen LogP contribution < -0.4 is 5.32 Å². The highest BCUT2D eigenvalue weighted by atomic mass is 79.9. The maximum absolute atomic E-state index is 11.8. The molecule has 1 amide bonds. The van der Waals surface area contributed by atoms with E-state index in [4.69, 9.17) is 0 Å². The monoisotopic (exact) mass is 267 g/mol. The fourth-order valence-corrected chi connectivity index (χ4v) is 1.87. The van der Waals surface area contributed by atoms with Crippen LogP contribution in [0.3, 0.4) is 0 Å². The van der Waals surface area contributed by atoms with Crippen molar-refractivity contribution in [3.8, 4) is 0 Å². The van der Waals surface area contributed by atoms with Crippen LogP contribution in [0.25, 0.3) is 0 Å². The molecule has 15 heavy (non-hydrogen) atoms. The molecule has 1 unspecified atom stereocenters. The van der Waals surface area contributed by atoms with E-state index in [-0.39, 0.29) is 5.91 Å². The Morgan fingerprint density at radius 2 is 2.00 bits per heavy atom. The van der Waals surface area contributed by atoms with Crippen LogP contribution in [-0.2, 0) is 0 Å². The predicted octanol–water partition coefficient (Wildman–Crippen LogP) is 2.98. The summed E-state index contributed by atoms with van der Waals surface area (Å²) < 4.78 is 0.995. The van der Waals surface area contributed by atoms with Crippen LogP contribution in [0.1, 0.15) is 30.1 Å². The molecule has 1 N–H and O–H groups in total. The SMILES string of the molecule is CC(NC(=O)c1ccc(Br)cc1)C1CC1. The van der Waals surface area contributed by atoms with Crippen LogP contribution >= 0.6 is 15.9 Å². The van der Waals surface area contributed by atoms with Crippen molar-refractivity contribution in [1.82, 2.24) is 5.32 Å². The highest BCUT2D eigenvalue weighted by Gasteiger charge is 2.28. The molecule has 1 aliphatic carbocycles. The lowest BCUT2D eigenvalue weighted by Crippen LogP contribution is -2.33. The molecule has 1 aromatic rings. The fraction of sp³-hybridized carbons (Fsp3) is 0.417. The Labute approximate surface area is 98.2 Å². The number of benzene rings is 1. The van der Waals surface area contributed by atoms with Crippen molar-refractivity contribution < 1.29 is 4.79 Å². The van der Waals surface area contributed by atoms with Gasteiger partial charge in [-0.3, -0.25) is 4.79 Å². The Morgan fingerprint density at radius 3 is 2.53 bits per heavy atom. The molecule has 0 aliphatic heterocycles. The van der Waals surface area contributed by atoms with Crippen LogP contribution in [0.2, 0.25) is 0 Å². The summed E-state index contributed by atoms with van der Waals surface area (Å²) in [4.78, 5) is 11.8. The van der Waals surface area contributed by atoms with Gasteiger partial charge in [0.1, 0.15) is 0 Å². The molecule has 1 aliphatic rings. The van der Waals surface area contributed by atoms with Crippen molar-refractivity contribution in [3.05, 3.63) is 34.3 Å². The third-order valence-electron chi connectivity index (χ3n) is 2.79. The summed E-state index contributed by atoms with van der Waals surface area (Å²) in [6, 6.07) is 7.74. The lowest BCUT2D eigenvalue weighted by molar-refractivity contribution is 0.0936. The zero-order chi connectivity index (χ0) is 10.8. The van der Waals surface area contributed by atoms with E-state index in [2.05, 4.69) is 28.2 Å². The normalized spacial score (nSPS) is 17.2. The molecule has 0 spiro atoms. The highest BCUT2D eigenvalue weighted by Crippen LogP contribution is 2.32. The average molecular weight is 268 g/mol. The first-order chi connectivity index (χ1) is 7.16. The van der Waals surface area contributed by atoms with Gasteiger partial charge in [-0.05, 0) is 49.9 Å². The van der Waals surface area contributed by atoms with Crippen molar-refractivity contribution in [2.24, 2.45) is 5.92 Å². The Bertz CT molecular complexity index is 356. The zero-order valence-corrected chi connectivity index (χ0v) is 10.3. The summed E-state index contributed by atoms with van der Waals surface area (Å²) in [6.45, 7) is 2.08. The topological polar surface area (TPSA) is 29.1 Å².